The van der Waals surface area contributed by atoms with Gasteiger partial charge in [0.1, 0.15) is 30.0 Å². The van der Waals surface area contributed by atoms with Crippen LogP contribution in [0, 0.1) is 57.2 Å². The number of Topliss-reactive ketones (excluding diaryl/α,β-unsaturated/α-hetero) is 1. The summed E-state index contributed by atoms with van der Waals surface area (Å²) in [7, 11) is 0. The van der Waals surface area contributed by atoms with Crippen LogP contribution < -0.4 is 0 Å². The Hall–Kier alpha value is -2.49. The number of aliphatic hydroxyl groups excluding tert-OH is 1. The van der Waals surface area contributed by atoms with E-state index in [1.165, 1.54) is 5.57 Å². The van der Waals surface area contributed by atoms with Crippen molar-refractivity contribution in [3.8, 4) is 0 Å². The highest BCUT2D eigenvalue weighted by Crippen LogP contribution is 2.89. The Labute approximate surface area is 285 Å². The number of rotatable bonds is 2. The minimum atomic E-state index is -1.34. The number of carbonyl (C=O) groups is 3. The van der Waals surface area contributed by atoms with Crippen LogP contribution in [0.25, 0.3) is 0 Å². The van der Waals surface area contributed by atoms with E-state index in [4.69, 9.17) is 23.4 Å². The molecule has 1 aromatic heterocycles. The largest absolute Gasteiger partial charge is 0.472 e. The molecular formula is C40H46O9. The first-order valence-corrected chi connectivity index (χ1v) is 19.3. The van der Waals surface area contributed by atoms with E-state index in [1.54, 1.807) is 12.5 Å². The Morgan fingerprint density at radius 3 is 2.53 bits per heavy atom. The van der Waals surface area contributed by atoms with Crippen molar-refractivity contribution in [3.05, 3.63) is 35.8 Å². The van der Waals surface area contributed by atoms with Crippen molar-refractivity contribution in [2.24, 2.45) is 57.2 Å². The van der Waals surface area contributed by atoms with Gasteiger partial charge in [-0.15, -0.1) is 0 Å². The zero-order valence-corrected chi connectivity index (χ0v) is 28.4. The lowest BCUT2D eigenvalue weighted by atomic mass is 9.30. The molecule has 15 atom stereocenters. The van der Waals surface area contributed by atoms with E-state index < -0.39 is 69.2 Å². The average molecular weight is 671 g/mol. The lowest BCUT2D eigenvalue weighted by molar-refractivity contribution is -0.299. The molecule has 9 nitrogen and oxygen atoms in total. The van der Waals surface area contributed by atoms with Crippen molar-refractivity contribution in [1.82, 2.24) is 0 Å². The van der Waals surface area contributed by atoms with Gasteiger partial charge in [-0.2, -0.15) is 0 Å². The topological polar surface area (TPSA) is 125 Å². The van der Waals surface area contributed by atoms with Crippen LogP contribution in [0.15, 0.2) is 34.7 Å². The van der Waals surface area contributed by atoms with Gasteiger partial charge in [0.15, 0.2) is 11.9 Å². The van der Waals surface area contributed by atoms with Gasteiger partial charge in [-0.25, -0.2) is 4.79 Å². The third kappa shape index (κ3) is 2.62. The van der Waals surface area contributed by atoms with E-state index in [0.29, 0.717) is 18.8 Å². The second kappa shape index (κ2) is 8.42. The maximum atomic E-state index is 15.7. The number of cyclic esters (lactones) is 2. The summed E-state index contributed by atoms with van der Waals surface area (Å²) in [5.41, 5.74) is -4.01. The van der Waals surface area contributed by atoms with Crippen LogP contribution in [0.1, 0.15) is 103 Å². The molecule has 6 saturated carbocycles. The molecule has 49 heavy (non-hydrogen) atoms. The van der Waals surface area contributed by atoms with Gasteiger partial charge in [-0.05, 0) is 99.0 Å². The van der Waals surface area contributed by atoms with Gasteiger partial charge < -0.3 is 28.5 Å². The number of hydrogen-bond acceptors (Lipinski definition) is 9. The standard InChI is InChI=1S/C40H46O9/c1-34-16-21-17-36-12-6-9-23(36)15-24-10-13-35(2)27-25(41)29(42)38(22-7-4-3-5-8-22,26(21)37(27)19-46-32(43)28(36)39(24,37)49-35)40(34)31(48-40)33(44)47-30(34)20-11-14-45-18-20/h10-11,14,18,21-23,26-31,42H,3-9,12-13,15-17,19H2,1-2H3. The highest BCUT2D eigenvalue weighted by molar-refractivity contribution is 5.94. The van der Waals surface area contributed by atoms with Crippen molar-refractivity contribution in [2.75, 3.05) is 6.61 Å². The Kier molecular flexibility index (Phi) is 5.00. The third-order valence-electron chi connectivity index (χ3n) is 17.7. The smallest absolute Gasteiger partial charge is 0.339 e. The summed E-state index contributed by atoms with van der Waals surface area (Å²) in [5.74, 6) is -1.83. The molecule has 1 aromatic rings. The van der Waals surface area contributed by atoms with Crippen LogP contribution in [0.2, 0.25) is 0 Å². The van der Waals surface area contributed by atoms with Crippen LogP contribution in [0.4, 0.5) is 0 Å². The van der Waals surface area contributed by atoms with Crippen molar-refractivity contribution in [1.29, 1.82) is 0 Å². The maximum Gasteiger partial charge on any atom is 0.339 e. The van der Waals surface area contributed by atoms with Crippen LogP contribution in [0.3, 0.4) is 0 Å². The number of esters is 2. The van der Waals surface area contributed by atoms with Crippen molar-refractivity contribution < 1.29 is 42.9 Å². The molecule has 0 radical (unpaired) electrons. The maximum absolute atomic E-state index is 15.7. The summed E-state index contributed by atoms with van der Waals surface area (Å²) in [6.45, 7) is 4.39. The molecule has 4 saturated heterocycles. The Morgan fingerprint density at radius 2 is 1.73 bits per heavy atom. The average Bonchev–Trinajstić information content (AvgIpc) is 3.35. The van der Waals surface area contributed by atoms with E-state index in [1.807, 2.05) is 6.07 Å². The van der Waals surface area contributed by atoms with Gasteiger partial charge in [0.2, 0.25) is 0 Å². The summed E-state index contributed by atoms with van der Waals surface area (Å²) in [6.07, 6.45) is 13.7. The summed E-state index contributed by atoms with van der Waals surface area (Å²) in [4.78, 5) is 44.5. The minimum Gasteiger partial charge on any atom is -0.472 e. The highest BCUT2D eigenvalue weighted by atomic mass is 16.7. The fraction of sp³-hybridized carbons (Fsp3) is 0.775. The Morgan fingerprint density at radius 1 is 0.918 bits per heavy atom. The van der Waals surface area contributed by atoms with E-state index >= 15 is 4.79 Å². The first-order chi connectivity index (χ1) is 23.6. The van der Waals surface area contributed by atoms with E-state index in [2.05, 4.69) is 19.9 Å². The molecule has 11 aliphatic rings. The summed E-state index contributed by atoms with van der Waals surface area (Å²) < 4.78 is 33.2. The predicted molar refractivity (Wildman–Crippen MR) is 169 cm³/mol. The number of carbonyl (C=O) groups excluding carboxylic acids is 3. The normalized spacial score (nSPS) is 58.8. The third-order valence-corrected chi connectivity index (χ3v) is 17.7. The molecule has 9 heteroatoms. The highest BCUT2D eigenvalue weighted by Gasteiger charge is 2.98. The van der Waals surface area contributed by atoms with Crippen LogP contribution in [-0.4, -0.2) is 58.4 Å². The first-order valence-electron chi connectivity index (χ1n) is 19.3. The molecule has 10 fully saturated rings. The molecule has 5 bridgehead atoms. The van der Waals surface area contributed by atoms with E-state index in [-0.39, 0.29) is 41.5 Å². The van der Waals surface area contributed by atoms with Crippen molar-refractivity contribution in [3.63, 3.8) is 0 Å². The summed E-state index contributed by atoms with van der Waals surface area (Å²) in [6, 6.07) is 1.88. The molecule has 1 N–H and O–H groups in total. The predicted octanol–water partition coefficient (Wildman–Crippen LogP) is 5.40. The molecule has 260 valence electrons. The Bertz CT molecular complexity index is 1780. The SMILES string of the molecule is CC12CC=C3CC4CCCC45CC4CC6(C)C(c7ccoc7)OC(=O)C7OC76C6(C7CCCCC7)C(O)C(=O)C1C1(COC(=O)C5C31O2)C46. The Balaban J connectivity index is 1.22. The molecule has 15 unspecified atom stereocenters. The number of aliphatic hydroxyl groups is 1. The van der Waals surface area contributed by atoms with Crippen molar-refractivity contribution >= 4 is 17.7 Å². The molecular weight excluding hydrogens is 624 g/mol. The quantitative estimate of drug-likeness (QED) is 0.250. The fourth-order valence-electron chi connectivity index (χ4n) is 17.0. The van der Waals surface area contributed by atoms with Crippen LogP contribution in [0.5, 0.6) is 0 Å². The summed E-state index contributed by atoms with van der Waals surface area (Å²) in [5, 5.41) is 13.3. The molecule has 0 amide bonds. The molecule has 6 heterocycles. The van der Waals surface area contributed by atoms with Gasteiger partial charge in [0, 0.05) is 16.4 Å². The zero-order valence-electron chi connectivity index (χ0n) is 28.4. The molecule has 6 aliphatic carbocycles. The molecule has 4 spiro atoms. The van der Waals surface area contributed by atoms with Gasteiger partial charge in [0.05, 0.1) is 35.4 Å². The van der Waals surface area contributed by atoms with E-state index in [0.717, 1.165) is 69.8 Å². The number of fused-ring (bicyclic) bond motifs is 2. The van der Waals surface area contributed by atoms with Crippen LogP contribution in [-0.2, 0) is 33.3 Å². The lowest BCUT2D eigenvalue weighted by Gasteiger charge is -2.72. The number of ether oxygens (including phenoxy) is 4. The second-order valence-electron chi connectivity index (χ2n) is 18.9. The first kappa shape index (κ1) is 29.1. The van der Waals surface area contributed by atoms with E-state index in [9.17, 15) is 14.7 Å². The van der Waals surface area contributed by atoms with Gasteiger partial charge >= 0.3 is 11.9 Å². The second-order valence-corrected chi connectivity index (χ2v) is 18.9. The lowest BCUT2D eigenvalue weighted by Crippen LogP contribution is -2.82. The molecule has 0 aromatic carbocycles. The summed E-state index contributed by atoms with van der Waals surface area (Å²) >= 11 is 0. The number of ketones is 1. The van der Waals surface area contributed by atoms with Crippen LogP contribution >= 0.6 is 0 Å². The zero-order chi connectivity index (χ0) is 33.1. The number of epoxide rings is 1. The van der Waals surface area contributed by atoms with Crippen molar-refractivity contribution in [2.45, 2.75) is 126 Å². The molecule has 5 aliphatic heterocycles. The van der Waals surface area contributed by atoms with Gasteiger partial charge in [-0.3, -0.25) is 9.59 Å². The molecule has 12 rings (SSSR count). The van der Waals surface area contributed by atoms with Gasteiger partial charge in [0.25, 0.3) is 0 Å². The fourth-order valence-corrected chi connectivity index (χ4v) is 17.0. The van der Waals surface area contributed by atoms with Gasteiger partial charge in [-0.1, -0.05) is 38.7 Å². The number of hydrogen-bond donors (Lipinski definition) is 1. The number of furan rings is 1. The monoisotopic (exact) mass is 670 g/mol. The minimum absolute atomic E-state index is 0.0294.